The third kappa shape index (κ3) is 4.16. The number of rotatable bonds is 6. The summed E-state index contributed by atoms with van der Waals surface area (Å²) < 4.78 is 5.35. The smallest absolute Gasteiger partial charge is 0.273 e. The summed E-state index contributed by atoms with van der Waals surface area (Å²) in [6, 6.07) is 19.6. The van der Waals surface area contributed by atoms with Gasteiger partial charge in [0, 0.05) is 6.07 Å². The van der Waals surface area contributed by atoms with Crippen molar-refractivity contribution in [3.05, 3.63) is 82.4 Å². The summed E-state index contributed by atoms with van der Waals surface area (Å²) in [6.07, 6.45) is 0. The number of hydrogen-bond donors (Lipinski definition) is 1. The molecule has 0 saturated heterocycles. The molecule has 3 rings (SSSR count). The number of nitro benzene ring substituents is 1. The predicted molar refractivity (Wildman–Crippen MR) is 99.1 cm³/mol. The van der Waals surface area contributed by atoms with Crippen LogP contribution in [0, 0.1) is 10.1 Å². The molecule has 0 radical (unpaired) electrons. The lowest BCUT2D eigenvalue weighted by molar-refractivity contribution is -0.384. The summed E-state index contributed by atoms with van der Waals surface area (Å²) in [6.45, 7) is 1.69. The van der Waals surface area contributed by atoms with Crippen molar-refractivity contribution in [1.29, 1.82) is 0 Å². The van der Waals surface area contributed by atoms with Gasteiger partial charge in [0.1, 0.15) is 5.75 Å². The first-order valence-electron chi connectivity index (χ1n) is 8.18. The minimum Gasteiger partial charge on any atom is -0.484 e. The Labute approximate surface area is 150 Å². The lowest BCUT2D eigenvalue weighted by Crippen LogP contribution is -2.31. The predicted octanol–water partition coefficient (Wildman–Crippen LogP) is 4.00. The van der Waals surface area contributed by atoms with Crippen molar-refractivity contribution < 1.29 is 14.5 Å². The number of nitrogens with one attached hydrogen (secondary N) is 1. The summed E-state index contributed by atoms with van der Waals surface area (Å²) in [7, 11) is 0. The Hall–Kier alpha value is -3.41. The van der Waals surface area contributed by atoms with Crippen LogP contribution in [0.4, 0.5) is 5.69 Å². The van der Waals surface area contributed by atoms with Gasteiger partial charge in [0.2, 0.25) is 0 Å². The standard InChI is InChI=1S/C20H18N2O4/c1-14(16-10-9-15-5-2-3-6-17(15)11-16)21-20(23)13-26-19-8-4-7-18(12-19)22(24)25/h2-12,14H,13H2,1H3,(H,21,23)/t14-/m1/s1. The first-order chi connectivity index (χ1) is 12.5. The highest BCUT2D eigenvalue weighted by atomic mass is 16.6. The van der Waals surface area contributed by atoms with E-state index >= 15 is 0 Å². The van der Waals surface area contributed by atoms with Gasteiger partial charge < -0.3 is 10.1 Å². The lowest BCUT2D eigenvalue weighted by Gasteiger charge is -2.15. The van der Waals surface area contributed by atoms with Crippen molar-refractivity contribution in [2.75, 3.05) is 6.61 Å². The Morgan fingerprint density at radius 3 is 2.62 bits per heavy atom. The quantitative estimate of drug-likeness (QED) is 0.538. The number of carbonyl (C=O) groups excluding carboxylic acids is 1. The minimum atomic E-state index is -0.505. The van der Waals surface area contributed by atoms with E-state index in [9.17, 15) is 14.9 Å². The third-order valence-corrected chi connectivity index (χ3v) is 4.05. The van der Waals surface area contributed by atoms with Crippen molar-refractivity contribution in [2.24, 2.45) is 0 Å². The van der Waals surface area contributed by atoms with Gasteiger partial charge in [-0.15, -0.1) is 0 Å². The molecular weight excluding hydrogens is 332 g/mol. The monoisotopic (exact) mass is 350 g/mol. The molecule has 0 saturated carbocycles. The average Bonchev–Trinajstić information content (AvgIpc) is 2.66. The summed E-state index contributed by atoms with van der Waals surface area (Å²) in [5.74, 6) is -0.00938. The number of benzene rings is 3. The molecule has 26 heavy (non-hydrogen) atoms. The first kappa shape index (κ1) is 17.4. The van der Waals surface area contributed by atoms with E-state index in [0.717, 1.165) is 16.3 Å². The summed E-state index contributed by atoms with van der Waals surface area (Å²) in [5, 5.41) is 15.9. The molecule has 0 aliphatic rings. The van der Waals surface area contributed by atoms with Gasteiger partial charge in [-0.3, -0.25) is 14.9 Å². The van der Waals surface area contributed by atoms with Crippen LogP contribution in [0.1, 0.15) is 18.5 Å². The molecule has 0 aliphatic heterocycles. The molecule has 0 heterocycles. The van der Waals surface area contributed by atoms with Crippen molar-refractivity contribution >= 4 is 22.4 Å². The Morgan fingerprint density at radius 1 is 1.08 bits per heavy atom. The van der Waals surface area contributed by atoms with E-state index < -0.39 is 4.92 Å². The molecule has 3 aromatic carbocycles. The van der Waals surface area contributed by atoms with Gasteiger partial charge in [0.25, 0.3) is 11.6 Å². The van der Waals surface area contributed by atoms with Gasteiger partial charge in [-0.05, 0) is 35.4 Å². The maximum Gasteiger partial charge on any atom is 0.273 e. The molecule has 0 fully saturated rings. The fourth-order valence-corrected chi connectivity index (χ4v) is 2.68. The van der Waals surface area contributed by atoms with Crippen LogP contribution in [0.2, 0.25) is 0 Å². The molecular formula is C20H18N2O4. The van der Waals surface area contributed by atoms with Crippen LogP contribution in [0.5, 0.6) is 5.75 Å². The van der Waals surface area contributed by atoms with Crippen molar-refractivity contribution in [3.8, 4) is 5.75 Å². The van der Waals surface area contributed by atoms with Crippen LogP contribution in [-0.4, -0.2) is 17.4 Å². The van der Waals surface area contributed by atoms with Crippen molar-refractivity contribution in [2.45, 2.75) is 13.0 Å². The highest BCUT2D eigenvalue weighted by molar-refractivity contribution is 5.83. The number of hydrogen-bond acceptors (Lipinski definition) is 4. The molecule has 132 valence electrons. The van der Waals surface area contributed by atoms with Gasteiger partial charge in [0.05, 0.1) is 17.0 Å². The van der Waals surface area contributed by atoms with Gasteiger partial charge >= 0.3 is 0 Å². The fraction of sp³-hybridized carbons (Fsp3) is 0.150. The number of nitrogens with zero attached hydrogens (tertiary/aromatic N) is 1. The van der Waals surface area contributed by atoms with Crippen LogP contribution < -0.4 is 10.1 Å². The molecule has 0 aliphatic carbocycles. The summed E-state index contributed by atoms with van der Waals surface area (Å²) >= 11 is 0. The number of amides is 1. The molecule has 6 heteroatoms. The molecule has 1 atom stereocenters. The summed E-state index contributed by atoms with van der Waals surface area (Å²) in [5.41, 5.74) is 0.917. The lowest BCUT2D eigenvalue weighted by atomic mass is 10.0. The number of ether oxygens (including phenoxy) is 1. The normalized spacial score (nSPS) is 11.7. The topological polar surface area (TPSA) is 81.5 Å². The van der Waals surface area contributed by atoms with E-state index in [1.807, 2.05) is 49.4 Å². The number of carbonyl (C=O) groups is 1. The molecule has 6 nitrogen and oxygen atoms in total. The first-order valence-corrected chi connectivity index (χ1v) is 8.18. The van der Waals surface area contributed by atoms with Crippen LogP contribution in [0.25, 0.3) is 10.8 Å². The zero-order valence-electron chi connectivity index (χ0n) is 14.2. The third-order valence-electron chi connectivity index (χ3n) is 4.05. The second-order valence-electron chi connectivity index (χ2n) is 5.94. The van der Waals surface area contributed by atoms with Crippen LogP contribution in [0.3, 0.4) is 0 Å². The Bertz CT molecular complexity index is 955. The number of fused-ring (bicyclic) bond motifs is 1. The zero-order valence-corrected chi connectivity index (χ0v) is 14.2. The Kier molecular flexibility index (Phi) is 5.12. The molecule has 0 unspecified atom stereocenters. The van der Waals surface area contributed by atoms with E-state index in [1.54, 1.807) is 6.07 Å². The van der Waals surface area contributed by atoms with Gasteiger partial charge in [-0.2, -0.15) is 0 Å². The molecule has 3 aromatic rings. The molecule has 1 N–H and O–H groups in total. The van der Waals surface area contributed by atoms with Crippen LogP contribution in [0.15, 0.2) is 66.7 Å². The van der Waals surface area contributed by atoms with Crippen molar-refractivity contribution in [3.63, 3.8) is 0 Å². The maximum atomic E-state index is 12.1. The van der Waals surface area contributed by atoms with E-state index in [4.69, 9.17) is 4.74 Å². The largest absolute Gasteiger partial charge is 0.484 e. The van der Waals surface area contributed by atoms with E-state index in [2.05, 4.69) is 5.32 Å². The molecule has 0 bridgehead atoms. The maximum absolute atomic E-state index is 12.1. The summed E-state index contributed by atoms with van der Waals surface area (Å²) in [4.78, 5) is 22.4. The molecule has 0 spiro atoms. The van der Waals surface area contributed by atoms with Crippen LogP contribution >= 0.6 is 0 Å². The van der Waals surface area contributed by atoms with E-state index in [1.165, 1.54) is 18.2 Å². The van der Waals surface area contributed by atoms with Crippen LogP contribution in [-0.2, 0) is 4.79 Å². The second-order valence-corrected chi connectivity index (χ2v) is 5.94. The Balaban J connectivity index is 1.60. The molecule has 0 aromatic heterocycles. The minimum absolute atomic E-state index is 0.0764. The Morgan fingerprint density at radius 2 is 1.85 bits per heavy atom. The van der Waals surface area contributed by atoms with Gasteiger partial charge in [-0.1, -0.05) is 42.5 Å². The highest BCUT2D eigenvalue weighted by Crippen LogP contribution is 2.21. The van der Waals surface area contributed by atoms with Gasteiger partial charge in [0.15, 0.2) is 6.61 Å². The van der Waals surface area contributed by atoms with E-state index in [-0.39, 0.29) is 30.0 Å². The molecule has 1 amide bonds. The van der Waals surface area contributed by atoms with E-state index in [0.29, 0.717) is 0 Å². The zero-order chi connectivity index (χ0) is 18.5. The van der Waals surface area contributed by atoms with Gasteiger partial charge in [-0.25, -0.2) is 0 Å². The highest BCUT2D eigenvalue weighted by Gasteiger charge is 2.12. The number of non-ortho nitro benzene ring substituents is 1. The SMILES string of the molecule is C[C@@H](NC(=O)COc1cccc([N+](=O)[O-])c1)c1ccc2ccccc2c1. The second kappa shape index (κ2) is 7.65. The van der Waals surface area contributed by atoms with Crippen molar-refractivity contribution in [1.82, 2.24) is 5.32 Å². The fourth-order valence-electron chi connectivity index (χ4n) is 2.68. The average molecular weight is 350 g/mol. The number of nitro groups is 1.